The number of ether oxygens (including phenoxy) is 5. The largest absolute Gasteiger partial charge is 0.485 e. The molecule has 2 atom stereocenters. The van der Waals surface area contributed by atoms with Gasteiger partial charge in [0.1, 0.15) is 6.61 Å². The van der Waals surface area contributed by atoms with Crippen LogP contribution in [0.15, 0.2) is 42.5 Å². The molecule has 2 aliphatic rings. The van der Waals surface area contributed by atoms with E-state index in [0.29, 0.717) is 28.7 Å². The van der Waals surface area contributed by atoms with E-state index < -0.39 is 24.1 Å². The fourth-order valence-electron chi connectivity index (χ4n) is 2.66. The lowest BCUT2D eigenvalue weighted by molar-refractivity contribution is -0.162. The minimum atomic E-state index is -1.01. The van der Waals surface area contributed by atoms with Crippen molar-refractivity contribution in [1.29, 1.82) is 0 Å². The minimum absolute atomic E-state index is 0.0202. The third-order valence-corrected chi connectivity index (χ3v) is 4.07. The van der Waals surface area contributed by atoms with E-state index in [1.54, 1.807) is 36.4 Å². The molecular weight excluding hydrogens is 354 g/mol. The Balaban J connectivity index is 1.34. The van der Waals surface area contributed by atoms with Gasteiger partial charge >= 0.3 is 5.97 Å². The van der Waals surface area contributed by atoms with Crippen LogP contribution in [-0.2, 0) is 14.3 Å². The van der Waals surface area contributed by atoms with Crippen molar-refractivity contribution in [2.24, 2.45) is 0 Å². The van der Waals surface area contributed by atoms with E-state index in [-0.39, 0.29) is 13.4 Å². The summed E-state index contributed by atoms with van der Waals surface area (Å²) >= 11 is 0. The number of amides is 1. The van der Waals surface area contributed by atoms with Crippen LogP contribution >= 0.6 is 0 Å². The van der Waals surface area contributed by atoms with Crippen LogP contribution in [0.3, 0.4) is 0 Å². The smallest absolute Gasteiger partial charge is 0.351 e. The lowest BCUT2D eigenvalue weighted by Gasteiger charge is -2.25. The SMILES string of the molecule is C[C@H](OC(=O)[C@H]1COc2ccccc2O1)C(=O)Nc1ccc2c(c1)OCO2. The summed E-state index contributed by atoms with van der Waals surface area (Å²) in [6.07, 6.45) is -1.94. The molecule has 2 aromatic carbocycles. The maximum atomic E-state index is 12.3. The van der Waals surface area contributed by atoms with Crippen LogP contribution in [0.25, 0.3) is 0 Å². The molecule has 1 amide bonds. The predicted octanol–water partition coefficient (Wildman–Crippen LogP) is 2.13. The van der Waals surface area contributed by atoms with E-state index in [9.17, 15) is 9.59 Å². The van der Waals surface area contributed by atoms with E-state index >= 15 is 0 Å². The third-order valence-electron chi connectivity index (χ3n) is 4.07. The van der Waals surface area contributed by atoms with Gasteiger partial charge in [0.05, 0.1) is 0 Å². The highest BCUT2D eigenvalue weighted by molar-refractivity contribution is 5.95. The molecule has 0 bridgehead atoms. The van der Waals surface area contributed by atoms with Crippen molar-refractivity contribution >= 4 is 17.6 Å². The van der Waals surface area contributed by atoms with Gasteiger partial charge in [0, 0.05) is 11.8 Å². The number of esters is 1. The Bertz CT molecular complexity index is 882. The maximum absolute atomic E-state index is 12.3. The molecule has 0 radical (unpaired) electrons. The summed E-state index contributed by atoms with van der Waals surface area (Å²) < 4.78 is 26.8. The lowest BCUT2D eigenvalue weighted by atomic mass is 10.2. The predicted molar refractivity (Wildman–Crippen MR) is 93.1 cm³/mol. The maximum Gasteiger partial charge on any atom is 0.351 e. The number of carbonyl (C=O) groups is 2. The average Bonchev–Trinajstić information content (AvgIpc) is 3.15. The Morgan fingerprint density at radius 2 is 1.78 bits per heavy atom. The molecular formula is C19H17NO7. The van der Waals surface area contributed by atoms with Crippen molar-refractivity contribution in [2.75, 3.05) is 18.7 Å². The number of rotatable bonds is 4. The summed E-state index contributed by atoms with van der Waals surface area (Å²) in [5.74, 6) is 1.04. The van der Waals surface area contributed by atoms with Gasteiger partial charge in [0.25, 0.3) is 5.91 Å². The van der Waals surface area contributed by atoms with Gasteiger partial charge < -0.3 is 29.0 Å². The summed E-state index contributed by atoms with van der Waals surface area (Å²) in [4.78, 5) is 24.6. The first kappa shape index (κ1) is 17.0. The van der Waals surface area contributed by atoms with Crippen molar-refractivity contribution in [1.82, 2.24) is 0 Å². The molecule has 27 heavy (non-hydrogen) atoms. The van der Waals surface area contributed by atoms with Gasteiger partial charge in [-0.25, -0.2) is 4.79 Å². The molecule has 0 spiro atoms. The van der Waals surface area contributed by atoms with Crippen LogP contribution in [0.2, 0.25) is 0 Å². The number of fused-ring (bicyclic) bond motifs is 2. The van der Waals surface area contributed by atoms with Crippen LogP contribution in [-0.4, -0.2) is 37.5 Å². The fraction of sp³-hybridized carbons (Fsp3) is 0.263. The molecule has 2 aliphatic heterocycles. The van der Waals surface area contributed by atoms with Crippen LogP contribution in [0.4, 0.5) is 5.69 Å². The Hall–Kier alpha value is -3.42. The van der Waals surface area contributed by atoms with E-state index in [1.807, 2.05) is 6.07 Å². The first-order valence-corrected chi connectivity index (χ1v) is 8.39. The Labute approximate surface area is 154 Å². The van der Waals surface area contributed by atoms with Crippen LogP contribution in [0.5, 0.6) is 23.0 Å². The molecule has 8 nitrogen and oxygen atoms in total. The summed E-state index contributed by atoms with van der Waals surface area (Å²) in [6, 6.07) is 12.0. The number of carbonyl (C=O) groups excluding carboxylic acids is 2. The van der Waals surface area contributed by atoms with Crippen LogP contribution in [0, 0.1) is 0 Å². The summed E-state index contributed by atoms with van der Waals surface area (Å²) in [7, 11) is 0. The highest BCUT2D eigenvalue weighted by Crippen LogP contribution is 2.34. The van der Waals surface area contributed by atoms with E-state index in [1.165, 1.54) is 6.92 Å². The quantitative estimate of drug-likeness (QED) is 0.823. The van der Waals surface area contributed by atoms with Gasteiger partial charge in [-0.2, -0.15) is 0 Å². The average molecular weight is 371 g/mol. The Kier molecular flexibility index (Phi) is 4.45. The first-order valence-electron chi connectivity index (χ1n) is 8.39. The van der Waals surface area contributed by atoms with Gasteiger partial charge in [0.2, 0.25) is 12.9 Å². The molecule has 1 N–H and O–H groups in total. The second kappa shape index (κ2) is 7.06. The second-order valence-electron chi connectivity index (χ2n) is 6.00. The first-order chi connectivity index (χ1) is 13.1. The van der Waals surface area contributed by atoms with Gasteiger partial charge in [-0.05, 0) is 31.2 Å². The highest BCUT2D eigenvalue weighted by atomic mass is 16.7. The monoisotopic (exact) mass is 371 g/mol. The summed E-state index contributed by atoms with van der Waals surface area (Å²) in [6.45, 7) is 1.65. The molecule has 0 saturated carbocycles. The van der Waals surface area contributed by atoms with E-state index in [2.05, 4.69) is 5.32 Å². The van der Waals surface area contributed by atoms with Crippen molar-refractivity contribution in [3.8, 4) is 23.0 Å². The van der Waals surface area contributed by atoms with Crippen molar-refractivity contribution in [2.45, 2.75) is 19.1 Å². The molecule has 0 aliphatic carbocycles. The minimum Gasteiger partial charge on any atom is -0.485 e. The second-order valence-corrected chi connectivity index (χ2v) is 6.00. The number of anilines is 1. The number of benzene rings is 2. The molecule has 0 unspecified atom stereocenters. The molecule has 0 saturated heterocycles. The normalized spacial score (nSPS) is 17.7. The van der Waals surface area contributed by atoms with Gasteiger partial charge in [0.15, 0.2) is 29.1 Å². The number of para-hydroxylation sites is 2. The van der Waals surface area contributed by atoms with Crippen molar-refractivity contribution in [3.05, 3.63) is 42.5 Å². The van der Waals surface area contributed by atoms with Crippen LogP contribution < -0.4 is 24.3 Å². The number of hydrogen-bond donors (Lipinski definition) is 1. The van der Waals surface area contributed by atoms with Crippen molar-refractivity contribution < 1.29 is 33.3 Å². The van der Waals surface area contributed by atoms with Gasteiger partial charge in [-0.3, -0.25) is 4.79 Å². The van der Waals surface area contributed by atoms with Crippen LogP contribution in [0.1, 0.15) is 6.92 Å². The molecule has 4 rings (SSSR count). The Morgan fingerprint density at radius 3 is 2.63 bits per heavy atom. The zero-order valence-electron chi connectivity index (χ0n) is 14.5. The number of hydrogen-bond acceptors (Lipinski definition) is 7. The fourth-order valence-corrected chi connectivity index (χ4v) is 2.66. The topological polar surface area (TPSA) is 92.3 Å². The molecule has 8 heteroatoms. The summed E-state index contributed by atoms with van der Waals surface area (Å²) in [5.41, 5.74) is 0.512. The number of nitrogens with one attached hydrogen (secondary N) is 1. The van der Waals surface area contributed by atoms with E-state index in [4.69, 9.17) is 23.7 Å². The third kappa shape index (κ3) is 3.59. The zero-order chi connectivity index (χ0) is 18.8. The van der Waals surface area contributed by atoms with E-state index in [0.717, 1.165) is 0 Å². The highest BCUT2D eigenvalue weighted by Gasteiger charge is 2.31. The summed E-state index contributed by atoms with van der Waals surface area (Å²) in [5, 5.41) is 2.67. The molecule has 0 fully saturated rings. The Morgan fingerprint density at radius 1 is 1.04 bits per heavy atom. The van der Waals surface area contributed by atoms with Crippen molar-refractivity contribution in [3.63, 3.8) is 0 Å². The molecule has 140 valence electrons. The molecule has 2 aromatic rings. The van der Waals surface area contributed by atoms with Gasteiger partial charge in [-0.15, -0.1) is 0 Å². The standard InChI is InChI=1S/C19H17NO7/c1-11(18(21)20-12-6-7-14-16(8-12)25-10-24-14)26-19(22)17-9-23-13-4-2-3-5-15(13)27-17/h2-8,11,17H,9-10H2,1H3,(H,20,21)/t11-,17+/m0/s1. The molecule has 2 heterocycles. The molecule has 0 aromatic heterocycles. The van der Waals surface area contributed by atoms with Gasteiger partial charge in [-0.1, -0.05) is 12.1 Å². The zero-order valence-corrected chi connectivity index (χ0v) is 14.5. The lowest BCUT2D eigenvalue weighted by Crippen LogP contribution is -2.41.